The van der Waals surface area contributed by atoms with Gasteiger partial charge in [-0.3, -0.25) is 0 Å². The summed E-state index contributed by atoms with van der Waals surface area (Å²) in [4.78, 5) is 21.2. The summed E-state index contributed by atoms with van der Waals surface area (Å²) < 4.78 is 47.0. The number of piperazine rings is 1. The highest BCUT2D eigenvalue weighted by Crippen LogP contribution is 2.41. The van der Waals surface area contributed by atoms with E-state index in [1.807, 2.05) is 53.4 Å². The van der Waals surface area contributed by atoms with Gasteiger partial charge in [-0.2, -0.15) is 19.1 Å². The molecule has 2 aromatic heterocycles. The lowest BCUT2D eigenvalue weighted by Gasteiger charge is -2.37. The topological polar surface area (TPSA) is 89.6 Å². The van der Waals surface area contributed by atoms with Gasteiger partial charge in [0.15, 0.2) is 0 Å². The van der Waals surface area contributed by atoms with Gasteiger partial charge in [-0.05, 0) is 29.8 Å². The maximum absolute atomic E-state index is 14.1. The molecule has 38 heavy (non-hydrogen) atoms. The van der Waals surface area contributed by atoms with Crippen LogP contribution in [0.4, 0.5) is 24.8 Å². The monoisotopic (exact) mass is 540 g/mol. The second kappa shape index (κ2) is 11.4. The van der Waals surface area contributed by atoms with Crippen molar-refractivity contribution in [1.29, 1.82) is 0 Å². The number of nitrogens with two attached hydrogens (primary N) is 1. The van der Waals surface area contributed by atoms with Crippen LogP contribution in [0.2, 0.25) is 0 Å². The number of rotatable bonds is 7. The van der Waals surface area contributed by atoms with Crippen LogP contribution in [0, 0.1) is 0 Å². The second-order valence-corrected chi connectivity index (χ2v) is 9.17. The molecule has 1 aliphatic rings. The van der Waals surface area contributed by atoms with E-state index in [0.717, 1.165) is 17.9 Å². The van der Waals surface area contributed by atoms with E-state index in [2.05, 4.69) is 24.8 Å². The lowest BCUT2D eigenvalue weighted by atomic mass is 9.98. The van der Waals surface area contributed by atoms with Crippen LogP contribution in [-0.4, -0.2) is 41.1 Å². The number of anilines is 2. The molecule has 0 amide bonds. The summed E-state index contributed by atoms with van der Waals surface area (Å²) in [7, 11) is 0. The molecule has 12 heteroatoms. The lowest BCUT2D eigenvalue weighted by Crippen LogP contribution is -2.47. The van der Waals surface area contributed by atoms with Crippen molar-refractivity contribution in [3.63, 3.8) is 0 Å². The van der Waals surface area contributed by atoms with Gasteiger partial charge >= 0.3 is 6.18 Å². The first kappa shape index (κ1) is 25.9. The van der Waals surface area contributed by atoms with Gasteiger partial charge in [0.05, 0.1) is 23.3 Å². The Kier molecular flexibility index (Phi) is 7.74. The Morgan fingerprint density at radius 1 is 0.816 bits per heavy atom. The molecule has 1 saturated heterocycles. The van der Waals surface area contributed by atoms with E-state index in [1.54, 1.807) is 30.5 Å². The minimum absolute atomic E-state index is 0.164. The molecule has 0 aliphatic carbocycles. The Morgan fingerprint density at radius 2 is 1.53 bits per heavy atom. The first-order valence-corrected chi connectivity index (χ1v) is 12.4. The third kappa shape index (κ3) is 5.73. The van der Waals surface area contributed by atoms with Crippen molar-refractivity contribution < 1.29 is 22.5 Å². The normalized spacial score (nSPS) is 14.1. The van der Waals surface area contributed by atoms with Crippen molar-refractivity contribution in [2.24, 2.45) is 5.90 Å². The summed E-state index contributed by atoms with van der Waals surface area (Å²) in [6.45, 7) is 2.08. The second-order valence-electron chi connectivity index (χ2n) is 8.40. The van der Waals surface area contributed by atoms with Crippen molar-refractivity contribution in [1.82, 2.24) is 15.0 Å². The molecule has 3 heterocycles. The average Bonchev–Trinajstić information content (AvgIpc) is 2.96. The molecule has 5 rings (SSSR count). The highest BCUT2D eigenvalue weighted by atomic mass is 32.2. The van der Waals surface area contributed by atoms with Gasteiger partial charge < -0.3 is 9.80 Å². The number of aromatic nitrogens is 3. The average molecular weight is 541 g/mol. The quantitative estimate of drug-likeness (QED) is 0.189. The van der Waals surface area contributed by atoms with E-state index >= 15 is 0 Å². The Bertz CT molecular complexity index is 1370. The van der Waals surface area contributed by atoms with Crippen LogP contribution in [-0.2, 0) is 15.5 Å². The van der Waals surface area contributed by atoms with Gasteiger partial charge in [-0.1, -0.05) is 48.5 Å². The van der Waals surface area contributed by atoms with Gasteiger partial charge in [0.2, 0.25) is 5.82 Å². The summed E-state index contributed by atoms with van der Waals surface area (Å²) in [5, 5.41) is 0. The highest BCUT2D eigenvalue weighted by molar-refractivity contribution is 7.94. The molecule has 1 aliphatic heterocycles. The molecule has 4 aromatic rings. The van der Waals surface area contributed by atoms with E-state index in [9.17, 15) is 13.2 Å². The Labute approximate surface area is 221 Å². The molecular formula is C26H23F3N6O2S. The largest absolute Gasteiger partial charge is 0.451 e. The predicted molar refractivity (Wildman–Crippen MR) is 139 cm³/mol. The third-order valence-corrected chi connectivity index (χ3v) is 6.63. The first-order chi connectivity index (χ1) is 18.4. The molecule has 1 fully saturated rings. The van der Waals surface area contributed by atoms with E-state index in [1.165, 1.54) is 0 Å². The smallest absolute Gasteiger partial charge is 0.353 e. The Morgan fingerprint density at radius 3 is 2.21 bits per heavy atom. The predicted octanol–water partition coefficient (Wildman–Crippen LogP) is 5.38. The zero-order valence-electron chi connectivity index (χ0n) is 20.0. The maximum Gasteiger partial charge on any atom is 0.451 e. The van der Waals surface area contributed by atoms with Crippen LogP contribution in [0.1, 0.15) is 5.82 Å². The fourth-order valence-corrected chi connectivity index (χ4v) is 4.75. The van der Waals surface area contributed by atoms with E-state index < -0.39 is 12.0 Å². The molecule has 0 spiro atoms. The van der Waals surface area contributed by atoms with Gasteiger partial charge in [-0.15, -0.1) is 9.32 Å². The van der Waals surface area contributed by atoms with Crippen molar-refractivity contribution in [3.8, 4) is 22.4 Å². The van der Waals surface area contributed by atoms with Crippen LogP contribution in [0.3, 0.4) is 0 Å². The molecule has 2 aromatic carbocycles. The van der Waals surface area contributed by atoms with Crippen molar-refractivity contribution in [2.45, 2.75) is 11.1 Å². The third-order valence-electron chi connectivity index (χ3n) is 6.04. The minimum Gasteiger partial charge on any atom is -0.353 e. The van der Waals surface area contributed by atoms with Gasteiger partial charge in [0.1, 0.15) is 11.6 Å². The molecule has 0 saturated carbocycles. The fourth-order valence-electron chi connectivity index (χ4n) is 4.33. The van der Waals surface area contributed by atoms with Crippen molar-refractivity contribution in [2.75, 3.05) is 36.0 Å². The summed E-state index contributed by atoms with van der Waals surface area (Å²) in [5.41, 5.74) is 1.86. The number of benzene rings is 2. The number of alkyl halides is 3. The summed E-state index contributed by atoms with van der Waals surface area (Å²) in [5.74, 6) is 4.80. The zero-order valence-corrected chi connectivity index (χ0v) is 20.8. The number of pyridine rings is 1. The molecule has 0 bridgehead atoms. The van der Waals surface area contributed by atoms with E-state index in [-0.39, 0.29) is 11.5 Å². The molecule has 8 nitrogen and oxygen atoms in total. The van der Waals surface area contributed by atoms with E-state index in [0.29, 0.717) is 47.8 Å². The molecule has 0 radical (unpaired) electrons. The Balaban J connectivity index is 1.62. The van der Waals surface area contributed by atoms with Crippen molar-refractivity contribution >= 4 is 23.7 Å². The number of nitrogens with zero attached hydrogens (tertiary/aromatic N) is 5. The van der Waals surface area contributed by atoms with Crippen molar-refractivity contribution in [3.05, 3.63) is 84.8 Å². The summed E-state index contributed by atoms with van der Waals surface area (Å²) >= 11 is 0.836. The first-order valence-electron chi connectivity index (χ1n) is 11.7. The molecule has 2 N–H and O–H groups in total. The maximum atomic E-state index is 14.1. The zero-order chi connectivity index (χ0) is 26.5. The molecule has 0 atom stereocenters. The SMILES string of the molecule is NOOSc1cccc(-c2nc(C(F)(F)F)nc(N3CCN(c4ccccn4)CC3)c2-c2ccccc2)c1. The van der Waals surface area contributed by atoms with Crippen LogP contribution in [0.5, 0.6) is 0 Å². The molecule has 196 valence electrons. The van der Waals surface area contributed by atoms with Crippen LogP contribution < -0.4 is 15.7 Å². The van der Waals surface area contributed by atoms with Crippen LogP contribution >= 0.6 is 12.0 Å². The number of hydrogen-bond acceptors (Lipinski definition) is 9. The lowest BCUT2D eigenvalue weighted by molar-refractivity contribution is -0.195. The molecule has 0 unspecified atom stereocenters. The standard InChI is InChI=1S/C26H23F3N6O2S/c27-26(28,29)25-32-23(19-9-6-10-20(17-19)38-37-36-30)22(18-7-2-1-3-8-18)24(33-25)35-15-13-34(14-16-35)21-11-4-5-12-31-21/h1-12,17H,13-16,30H2. The van der Waals surface area contributed by atoms with Gasteiger partial charge in [0.25, 0.3) is 0 Å². The number of hydrogen-bond donors (Lipinski definition) is 1. The number of halogens is 3. The fraction of sp³-hybridized carbons (Fsp3) is 0.192. The van der Waals surface area contributed by atoms with Crippen LogP contribution in [0.15, 0.2) is 83.9 Å². The van der Waals surface area contributed by atoms with Crippen LogP contribution in [0.25, 0.3) is 22.4 Å². The summed E-state index contributed by atoms with van der Waals surface area (Å²) in [6.07, 6.45) is -3.02. The van der Waals surface area contributed by atoms with Gasteiger partial charge in [-0.25, -0.2) is 15.0 Å². The minimum atomic E-state index is -4.74. The van der Waals surface area contributed by atoms with Gasteiger partial charge in [0, 0.05) is 42.8 Å². The summed E-state index contributed by atoms with van der Waals surface area (Å²) in [6, 6.07) is 21.7. The Hall–Kier alpha value is -3.71. The molecular weight excluding hydrogens is 517 g/mol. The highest BCUT2D eigenvalue weighted by Gasteiger charge is 2.38. The van der Waals surface area contributed by atoms with E-state index in [4.69, 9.17) is 10.2 Å².